The van der Waals surface area contributed by atoms with E-state index >= 15 is 0 Å². The number of hydrogen-bond acceptors (Lipinski definition) is 1. The molecule has 0 rings (SSSR count). The minimum Gasteiger partial charge on any atom is -0.179 e. The van der Waals surface area contributed by atoms with Gasteiger partial charge in [-0.3, -0.25) is 0 Å². The number of hydrogen-bond donors (Lipinski definition) is 1. The smallest absolute Gasteiger partial charge is 0.179 e. The molecule has 0 aromatic carbocycles. The van der Waals surface area contributed by atoms with E-state index in [9.17, 15) is 0 Å². The van der Waals surface area contributed by atoms with Gasteiger partial charge in [-0.25, -0.2) is 0 Å². The molecule has 0 nitrogen and oxygen atoms in total. The number of unbranched alkanes of at least 4 members (excludes halogenated alkanes) is 13. The van der Waals surface area contributed by atoms with Crippen molar-refractivity contribution in [2.24, 2.45) is 0 Å². The van der Waals surface area contributed by atoms with Gasteiger partial charge < -0.3 is 0 Å². The topological polar surface area (TPSA) is 0 Å². The first kappa shape index (κ1) is 19.4. The van der Waals surface area contributed by atoms with E-state index in [-0.39, 0.29) is 0 Å². The molecule has 0 N–H and O–H groups in total. The van der Waals surface area contributed by atoms with Crippen LogP contribution in [0.1, 0.15) is 89.9 Å². The number of rotatable bonds is 15. The Morgan fingerprint density at radius 1 is 0.444 bits per heavy atom. The summed E-state index contributed by atoms with van der Waals surface area (Å²) < 4.78 is 1.51. The van der Waals surface area contributed by atoms with E-state index in [4.69, 9.17) is 0 Å². The zero-order valence-corrected chi connectivity index (χ0v) is 15.7. The van der Waals surface area contributed by atoms with Gasteiger partial charge in [0.1, 0.15) is 0 Å². The Kier molecular flexibility index (Phi) is 19.7. The van der Waals surface area contributed by atoms with Gasteiger partial charge >= 0.3 is 102 Å². The molecule has 0 heterocycles. The van der Waals surface area contributed by atoms with Crippen LogP contribution >= 0.6 is 12.6 Å². The molecule has 0 fully saturated rings. The Labute approximate surface area is 139 Å². The molecule has 0 radical (unpaired) electrons. The average molecular weight is 280 g/mol. The Hall–Kier alpha value is 1.35. The van der Waals surface area contributed by atoms with Crippen LogP contribution in [0.25, 0.3) is 0 Å². The van der Waals surface area contributed by atoms with Crippen LogP contribution in [0.2, 0.25) is 3.67 Å². The second-order valence-electron chi connectivity index (χ2n) is 5.67. The van der Waals surface area contributed by atoms with Gasteiger partial charge in [-0.05, 0) is 12.2 Å². The quantitative estimate of drug-likeness (QED) is 0.213. The predicted molar refractivity (Wildman–Crippen MR) is 89.1 cm³/mol. The molecule has 0 unspecified atom stereocenters. The fourth-order valence-corrected chi connectivity index (χ4v) is 3.21. The van der Waals surface area contributed by atoms with Gasteiger partial charge in [-0.2, -0.15) is 12.6 Å². The first-order chi connectivity index (χ1) is 8.91. The SMILES string of the molecule is [Na][CH2]CCCCCCCCCCCCCCCS. The van der Waals surface area contributed by atoms with Crippen molar-refractivity contribution in [1.29, 1.82) is 0 Å². The van der Waals surface area contributed by atoms with E-state index in [1.165, 1.54) is 121 Å². The van der Waals surface area contributed by atoms with Crippen molar-refractivity contribution in [3.05, 3.63) is 0 Å². The molecule has 0 saturated heterocycles. The molecule has 0 aliphatic rings. The summed E-state index contributed by atoms with van der Waals surface area (Å²) in [6, 6.07) is 0. The molecule has 0 aromatic heterocycles. The molecular formula is C16H33NaS. The van der Waals surface area contributed by atoms with Gasteiger partial charge in [-0.15, -0.1) is 0 Å². The van der Waals surface area contributed by atoms with Crippen molar-refractivity contribution in [3.8, 4) is 0 Å². The molecule has 0 amide bonds. The molecule has 0 atom stereocenters. The van der Waals surface area contributed by atoms with E-state index < -0.39 is 0 Å². The average Bonchev–Trinajstić information content (AvgIpc) is 2.39. The summed E-state index contributed by atoms with van der Waals surface area (Å²) in [6.45, 7) is 0. The van der Waals surface area contributed by atoms with Crippen LogP contribution in [0.3, 0.4) is 0 Å². The predicted octanol–water partition coefficient (Wildman–Crippen LogP) is 5.96. The van der Waals surface area contributed by atoms with Gasteiger partial charge in [0, 0.05) is 0 Å². The second kappa shape index (κ2) is 18.4. The molecular weight excluding hydrogens is 247 g/mol. The third-order valence-corrected chi connectivity index (χ3v) is 4.79. The molecule has 0 saturated carbocycles. The Morgan fingerprint density at radius 3 is 1.00 bits per heavy atom. The summed E-state index contributed by atoms with van der Waals surface area (Å²) >= 11 is 5.65. The van der Waals surface area contributed by atoms with E-state index in [0.29, 0.717) is 0 Å². The van der Waals surface area contributed by atoms with Gasteiger partial charge in [-0.1, -0.05) is 12.8 Å². The Balaban J connectivity index is 2.86. The normalized spacial score (nSPS) is 11.1. The summed E-state index contributed by atoms with van der Waals surface area (Å²) in [6.07, 6.45) is 20.4. The van der Waals surface area contributed by atoms with E-state index in [2.05, 4.69) is 12.6 Å². The minimum atomic E-state index is 1.07. The fourth-order valence-electron chi connectivity index (χ4n) is 2.48. The van der Waals surface area contributed by atoms with E-state index in [0.717, 1.165) is 5.75 Å². The third kappa shape index (κ3) is 17.4. The molecule has 104 valence electrons. The van der Waals surface area contributed by atoms with Gasteiger partial charge in [0.05, 0.1) is 0 Å². The monoisotopic (exact) mass is 280 g/mol. The summed E-state index contributed by atoms with van der Waals surface area (Å²) in [4.78, 5) is 0. The van der Waals surface area contributed by atoms with Gasteiger partial charge in [0.2, 0.25) is 0 Å². The summed E-state index contributed by atoms with van der Waals surface area (Å²) in [5, 5.41) is 0. The zero-order valence-electron chi connectivity index (χ0n) is 12.8. The summed E-state index contributed by atoms with van der Waals surface area (Å²) in [5.41, 5.74) is 0. The maximum absolute atomic E-state index is 4.24. The molecule has 0 spiro atoms. The Morgan fingerprint density at radius 2 is 0.722 bits per heavy atom. The van der Waals surface area contributed by atoms with Crippen molar-refractivity contribution >= 4 is 40.6 Å². The molecule has 0 aliphatic heterocycles. The molecule has 18 heavy (non-hydrogen) atoms. The van der Waals surface area contributed by atoms with Crippen molar-refractivity contribution in [2.75, 3.05) is 5.75 Å². The van der Waals surface area contributed by atoms with Crippen LogP contribution in [-0.4, -0.2) is 33.7 Å². The van der Waals surface area contributed by atoms with E-state index in [1.54, 1.807) is 0 Å². The first-order valence-corrected chi connectivity index (χ1v) is 10.6. The summed E-state index contributed by atoms with van der Waals surface area (Å²) in [5.74, 6) is 1.07. The van der Waals surface area contributed by atoms with Crippen molar-refractivity contribution in [1.82, 2.24) is 0 Å². The molecule has 0 bridgehead atoms. The van der Waals surface area contributed by atoms with Crippen LogP contribution in [0.5, 0.6) is 0 Å². The van der Waals surface area contributed by atoms with E-state index in [1.807, 2.05) is 0 Å². The number of thiol groups is 1. The fraction of sp³-hybridized carbons (Fsp3) is 1.00. The second-order valence-corrected chi connectivity index (χ2v) is 7.12. The van der Waals surface area contributed by atoms with Crippen LogP contribution in [0.15, 0.2) is 0 Å². The molecule has 0 aromatic rings. The van der Waals surface area contributed by atoms with Crippen LogP contribution in [0, 0.1) is 0 Å². The van der Waals surface area contributed by atoms with Crippen LogP contribution in [0.4, 0.5) is 0 Å². The molecule has 2 heteroatoms. The van der Waals surface area contributed by atoms with Crippen molar-refractivity contribution < 1.29 is 0 Å². The van der Waals surface area contributed by atoms with Crippen molar-refractivity contribution in [2.45, 2.75) is 93.6 Å². The zero-order chi connectivity index (χ0) is 13.3. The summed E-state index contributed by atoms with van der Waals surface area (Å²) in [7, 11) is 0. The first-order valence-electron chi connectivity index (χ1n) is 8.52. The third-order valence-electron chi connectivity index (χ3n) is 3.76. The standard InChI is InChI=1S/C16H33S.Na/c1-2-3-4-5-6-7-8-9-10-11-12-13-14-15-16-17;/h17H,1-16H2;. The van der Waals surface area contributed by atoms with Crippen molar-refractivity contribution in [3.63, 3.8) is 0 Å². The van der Waals surface area contributed by atoms with Gasteiger partial charge in [0.25, 0.3) is 0 Å². The maximum atomic E-state index is 4.24. The van der Waals surface area contributed by atoms with Gasteiger partial charge in [0.15, 0.2) is 0 Å². The van der Waals surface area contributed by atoms with Crippen LogP contribution < -0.4 is 0 Å². The Bertz CT molecular complexity index is 123. The molecule has 0 aliphatic carbocycles. The minimum absolute atomic E-state index is 1.07. The van der Waals surface area contributed by atoms with Crippen LogP contribution in [-0.2, 0) is 0 Å².